The van der Waals surface area contributed by atoms with E-state index in [0.29, 0.717) is 12.6 Å². The summed E-state index contributed by atoms with van der Waals surface area (Å²) in [5.74, 6) is 0. The van der Waals surface area contributed by atoms with E-state index in [1.807, 2.05) is 6.08 Å². The van der Waals surface area contributed by atoms with Gasteiger partial charge >= 0.3 is 0 Å². The summed E-state index contributed by atoms with van der Waals surface area (Å²) in [7, 11) is 0. The lowest BCUT2D eigenvalue weighted by molar-refractivity contribution is 0.125. The Balaban J connectivity index is 2.24. The van der Waals surface area contributed by atoms with Crippen LogP contribution in [0.3, 0.4) is 0 Å². The number of nitrogens with one attached hydrogen (secondary N) is 1. The van der Waals surface area contributed by atoms with E-state index in [0.717, 1.165) is 19.4 Å². The van der Waals surface area contributed by atoms with Gasteiger partial charge in [0.1, 0.15) is 0 Å². The van der Waals surface area contributed by atoms with Gasteiger partial charge in [0.25, 0.3) is 0 Å². The van der Waals surface area contributed by atoms with Gasteiger partial charge in [-0.3, -0.25) is 0 Å². The molecule has 0 spiro atoms. The second kappa shape index (κ2) is 6.29. The summed E-state index contributed by atoms with van der Waals surface area (Å²) in [5, 5.41) is 13.0. The highest BCUT2D eigenvalue weighted by atomic mass is 16.3. The van der Waals surface area contributed by atoms with E-state index >= 15 is 0 Å². The van der Waals surface area contributed by atoms with Crippen molar-refractivity contribution >= 4 is 0 Å². The van der Waals surface area contributed by atoms with Crippen molar-refractivity contribution in [3.05, 3.63) is 12.7 Å². The van der Waals surface area contributed by atoms with Gasteiger partial charge in [-0.05, 0) is 32.6 Å². The lowest BCUT2D eigenvalue weighted by atomic mass is 9.87. The summed E-state index contributed by atoms with van der Waals surface area (Å²) in [5.41, 5.74) is 0.183. The number of hydrogen-bond donors (Lipinski definition) is 2. The van der Waals surface area contributed by atoms with Gasteiger partial charge in [0.2, 0.25) is 0 Å². The van der Waals surface area contributed by atoms with Crippen molar-refractivity contribution in [3.8, 4) is 0 Å². The van der Waals surface area contributed by atoms with Gasteiger partial charge in [-0.15, -0.1) is 6.58 Å². The Morgan fingerprint density at radius 3 is 2.67 bits per heavy atom. The molecular weight excluding hydrogens is 186 g/mol. The van der Waals surface area contributed by atoms with Crippen molar-refractivity contribution in [1.29, 1.82) is 0 Å². The summed E-state index contributed by atoms with van der Waals surface area (Å²) in [6, 6.07) is 0.534. The molecule has 0 heterocycles. The predicted molar refractivity (Wildman–Crippen MR) is 64.9 cm³/mol. The van der Waals surface area contributed by atoms with Crippen molar-refractivity contribution in [2.45, 2.75) is 51.5 Å². The molecule has 15 heavy (non-hydrogen) atoms. The highest BCUT2D eigenvalue weighted by molar-refractivity contribution is 4.87. The van der Waals surface area contributed by atoms with E-state index in [1.165, 1.54) is 25.7 Å². The van der Waals surface area contributed by atoms with Crippen LogP contribution >= 0.6 is 0 Å². The molecule has 88 valence electrons. The summed E-state index contributed by atoms with van der Waals surface area (Å²) < 4.78 is 0. The number of aliphatic hydroxyl groups is 1. The van der Waals surface area contributed by atoms with Crippen LogP contribution in [0.2, 0.25) is 0 Å². The van der Waals surface area contributed by atoms with Gasteiger partial charge in [0, 0.05) is 24.6 Å². The molecule has 0 aromatic rings. The van der Waals surface area contributed by atoms with Crippen LogP contribution in [0.15, 0.2) is 12.7 Å². The van der Waals surface area contributed by atoms with Crippen molar-refractivity contribution in [3.63, 3.8) is 0 Å². The van der Waals surface area contributed by atoms with E-state index in [-0.39, 0.29) is 5.41 Å². The fourth-order valence-corrected chi connectivity index (χ4v) is 2.38. The lowest BCUT2D eigenvalue weighted by Gasteiger charge is -2.28. The number of aliphatic hydroxyl groups excluding tert-OH is 1. The van der Waals surface area contributed by atoms with Crippen molar-refractivity contribution in [2.75, 3.05) is 13.2 Å². The molecule has 1 saturated carbocycles. The van der Waals surface area contributed by atoms with Crippen molar-refractivity contribution in [1.82, 2.24) is 5.32 Å². The first kappa shape index (κ1) is 12.7. The minimum absolute atomic E-state index is 0.183. The fourth-order valence-electron chi connectivity index (χ4n) is 2.38. The van der Waals surface area contributed by atoms with Gasteiger partial charge in [0.05, 0.1) is 0 Å². The Bertz CT molecular complexity index is 185. The second-order valence-corrected chi connectivity index (χ2v) is 5.01. The van der Waals surface area contributed by atoms with E-state index < -0.39 is 0 Å². The van der Waals surface area contributed by atoms with E-state index in [9.17, 15) is 5.11 Å². The maximum Gasteiger partial charge on any atom is 0.0499 e. The highest BCUT2D eigenvalue weighted by Gasteiger charge is 2.32. The molecule has 1 aliphatic rings. The molecule has 0 aromatic heterocycles. The van der Waals surface area contributed by atoms with Gasteiger partial charge in [-0.1, -0.05) is 18.9 Å². The van der Waals surface area contributed by atoms with Crippen LogP contribution in [-0.4, -0.2) is 24.3 Å². The first-order valence-corrected chi connectivity index (χ1v) is 6.17. The minimum Gasteiger partial charge on any atom is -0.396 e. The SMILES string of the molecule is C=CCCC(C)NCC1(CO)CCCC1. The molecule has 0 amide bonds. The van der Waals surface area contributed by atoms with Crippen molar-refractivity contribution < 1.29 is 5.11 Å². The Kier molecular flexibility index (Phi) is 5.34. The number of allylic oxidation sites excluding steroid dienone is 1. The molecule has 0 radical (unpaired) electrons. The Morgan fingerprint density at radius 2 is 2.13 bits per heavy atom. The molecule has 1 fully saturated rings. The zero-order valence-electron chi connectivity index (χ0n) is 9.97. The van der Waals surface area contributed by atoms with Crippen LogP contribution in [0.1, 0.15) is 45.4 Å². The van der Waals surface area contributed by atoms with Gasteiger partial charge < -0.3 is 10.4 Å². The summed E-state index contributed by atoms with van der Waals surface area (Å²) in [4.78, 5) is 0. The second-order valence-electron chi connectivity index (χ2n) is 5.01. The number of hydrogen-bond acceptors (Lipinski definition) is 2. The van der Waals surface area contributed by atoms with Crippen LogP contribution in [0.5, 0.6) is 0 Å². The molecule has 1 rings (SSSR count). The van der Waals surface area contributed by atoms with Crippen LogP contribution in [0, 0.1) is 5.41 Å². The third-order valence-corrected chi connectivity index (χ3v) is 3.63. The summed E-state index contributed by atoms with van der Waals surface area (Å²) >= 11 is 0. The molecule has 1 atom stereocenters. The van der Waals surface area contributed by atoms with Crippen LogP contribution in [0.4, 0.5) is 0 Å². The lowest BCUT2D eigenvalue weighted by Crippen LogP contribution is -2.39. The molecule has 2 nitrogen and oxygen atoms in total. The number of rotatable bonds is 7. The van der Waals surface area contributed by atoms with Gasteiger partial charge in [0.15, 0.2) is 0 Å². The Labute approximate surface area is 93.8 Å². The maximum atomic E-state index is 9.45. The molecule has 0 aromatic carbocycles. The van der Waals surface area contributed by atoms with E-state index in [1.54, 1.807) is 0 Å². The quantitative estimate of drug-likeness (QED) is 0.634. The first-order valence-electron chi connectivity index (χ1n) is 6.17. The third kappa shape index (κ3) is 3.96. The average Bonchev–Trinajstić information content (AvgIpc) is 2.73. The third-order valence-electron chi connectivity index (χ3n) is 3.63. The topological polar surface area (TPSA) is 32.3 Å². The van der Waals surface area contributed by atoms with E-state index in [2.05, 4.69) is 18.8 Å². The summed E-state index contributed by atoms with van der Waals surface area (Å²) in [6.07, 6.45) is 9.11. The van der Waals surface area contributed by atoms with Gasteiger partial charge in [-0.2, -0.15) is 0 Å². The van der Waals surface area contributed by atoms with Gasteiger partial charge in [-0.25, -0.2) is 0 Å². The smallest absolute Gasteiger partial charge is 0.0499 e. The molecule has 2 N–H and O–H groups in total. The Hall–Kier alpha value is -0.340. The maximum absolute atomic E-state index is 9.45. The molecule has 1 unspecified atom stereocenters. The molecule has 2 heteroatoms. The zero-order valence-corrected chi connectivity index (χ0v) is 9.97. The zero-order chi connectivity index (χ0) is 11.1. The van der Waals surface area contributed by atoms with E-state index in [4.69, 9.17) is 0 Å². The van der Waals surface area contributed by atoms with Crippen LogP contribution < -0.4 is 5.32 Å². The minimum atomic E-state index is 0.183. The summed E-state index contributed by atoms with van der Waals surface area (Å²) in [6.45, 7) is 7.26. The Morgan fingerprint density at radius 1 is 1.47 bits per heavy atom. The molecule has 1 aliphatic carbocycles. The van der Waals surface area contributed by atoms with Crippen LogP contribution in [-0.2, 0) is 0 Å². The van der Waals surface area contributed by atoms with Crippen LogP contribution in [0.25, 0.3) is 0 Å². The predicted octanol–water partition coefficient (Wildman–Crippen LogP) is 2.48. The molecule has 0 bridgehead atoms. The molecule has 0 saturated heterocycles. The normalized spacial score (nSPS) is 21.5. The fraction of sp³-hybridized carbons (Fsp3) is 0.846. The first-order chi connectivity index (χ1) is 7.22. The van der Waals surface area contributed by atoms with Crippen molar-refractivity contribution in [2.24, 2.45) is 5.41 Å². The molecular formula is C13H25NO. The standard InChI is InChI=1S/C13H25NO/c1-3-4-7-12(2)14-10-13(11-15)8-5-6-9-13/h3,12,14-15H,1,4-11H2,2H3. The largest absolute Gasteiger partial charge is 0.396 e. The monoisotopic (exact) mass is 211 g/mol. The molecule has 0 aliphatic heterocycles. The average molecular weight is 211 g/mol. The highest BCUT2D eigenvalue weighted by Crippen LogP contribution is 2.36.